The summed E-state index contributed by atoms with van der Waals surface area (Å²) >= 11 is 0. The van der Waals surface area contributed by atoms with Crippen LogP contribution in [0.1, 0.15) is 57.7 Å². The molecule has 0 spiro atoms. The molecule has 1 aromatic heterocycles. The molecule has 0 amide bonds. The number of hydrogen-bond acceptors (Lipinski definition) is 1. The second-order valence-corrected chi connectivity index (χ2v) is 4.22. The van der Waals surface area contributed by atoms with Gasteiger partial charge in [0.05, 0.1) is 6.10 Å². The lowest BCUT2D eigenvalue weighted by molar-refractivity contribution is 0.188. The molecule has 0 aliphatic carbocycles. The summed E-state index contributed by atoms with van der Waals surface area (Å²) in [6.45, 7) is 5.09. The number of aliphatic hydroxyl groups excluding tert-OH is 1. The Morgan fingerprint density at radius 1 is 1.27 bits per heavy atom. The van der Waals surface area contributed by atoms with Crippen LogP contribution in [-0.2, 0) is 6.54 Å². The minimum absolute atomic E-state index is 0.351. The van der Waals surface area contributed by atoms with Gasteiger partial charge in [0.2, 0.25) is 0 Å². The second-order valence-electron chi connectivity index (χ2n) is 4.22. The zero-order valence-electron chi connectivity index (χ0n) is 9.95. The van der Waals surface area contributed by atoms with Gasteiger partial charge in [0, 0.05) is 18.4 Å². The van der Waals surface area contributed by atoms with Gasteiger partial charge in [-0.15, -0.1) is 0 Å². The Kier molecular flexibility index (Phi) is 5.48. The molecule has 1 heterocycles. The van der Waals surface area contributed by atoms with Crippen LogP contribution in [0.5, 0.6) is 0 Å². The predicted octanol–water partition coefficient (Wildman–Crippen LogP) is 3.51. The maximum atomic E-state index is 9.51. The summed E-state index contributed by atoms with van der Waals surface area (Å²) in [5, 5.41) is 9.51. The Bertz CT molecular complexity index is 265. The number of rotatable bonds is 7. The number of aliphatic hydroxyl groups is 1. The van der Waals surface area contributed by atoms with Gasteiger partial charge in [-0.1, -0.05) is 32.6 Å². The van der Waals surface area contributed by atoms with Gasteiger partial charge in [0.1, 0.15) is 0 Å². The van der Waals surface area contributed by atoms with E-state index in [9.17, 15) is 5.11 Å². The van der Waals surface area contributed by atoms with Gasteiger partial charge in [0.25, 0.3) is 0 Å². The summed E-state index contributed by atoms with van der Waals surface area (Å²) in [7, 11) is 0. The summed E-state index contributed by atoms with van der Waals surface area (Å²) < 4.78 is 2.16. The van der Waals surface area contributed by atoms with Crippen molar-refractivity contribution in [3.8, 4) is 0 Å². The number of unbranched alkanes of at least 4 members (excludes halogenated alkanes) is 4. The molecule has 0 fully saturated rings. The third-order valence-corrected chi connectivity index (χ3v) is 2.80. The molecule has 0 aromatic carbocycles. The number of aromatic nitrogens is 1. The van der Waals surface area contributed by atoms with E-state index >= 15 is 0 Å². The number of hydrogen-bond donors (Lipinski definition) is 1. The standard InChI is InChI=1S/C13H23NO/c1-3-4-5-6-7-10-14-11-8-9-13(14)12(2)15/h8-9,11-12,15H,3-7,10H2,1-2H3. The van der Waals surface area contributed by atoms with Crippen molar-refractivity contribution >= 4 is 0 Å². The second kappa shape index (κ2) is 6.67. The lowest BCUT2D eigenvalue weighted by Gasteiger charge is -2.10. The van der Waals surface area contributed by atoms with Gasteiger partial charge >= 0.3 is 0 Å². The van der Waals surface area contributed by atoms with Crippen molar-refractivity contribution < 1.29 is 5.11 Å². The van der Waals surface area contributed by atoms with E-state index in [2.05, 4.69) is 17.7 Å². The first-order valence-corrected chi connectivity index (χ1v) is 6.08. The van der Waals surface area contributed by atoms with Crippen LogP contribution in [0.2, 0.25) is 0 Å². The minimum Gasteiger partial charge on any atom is -0.387 e. The lowest BCUT2D eigenvalue weighted by Crippen LogP contribution is -2.04. The molecule has 1 aromatic rings. The fourth-order valence-corrected chi connectivity index (χ4v) is 1.90. The number of nitrogens with zero attached hydrogens (tertiary/aromatic N) is 1. The van der Waals surface area contributed by atoms with E-state index in [-0.39, 0.29) is 6.10 Å². The van der Waals surface area contributed by atoms with Crippen LogP contribution < -0.4 is 0 Å². The molecule has 0 aliphatic heterocycles. The normalized spacial score (nSPS) is 13.0. The van der Waals surface area contributed by atoms with Crippen LogP contribution in [0.4, 0.5) is 0 Å². The average molecular weight is 209 g/mol. The Labute approximate surface area is 92.9 Å². The van der Waals surface area contributed by atoms with Crippen molar-refractivity contribution in [2.75, 3.05) is 0 Å². The third kappa shape index (κ3) is 4.08. The lowest BCUT2D eigenvalue weighted by atomic mass is 10.1. The zero-order chi connectivity index (χ0) is 11.1. The molecule has 0 bridgehead atoms. The summed E-state index contributed by atoms with van der Waals surface area (Å²) in [5.74, 6) is 0. The molecule has 2 nitrogen and oxygen atoms in total. The zero-order valence-corrected chi connectivity index (χ0v) is 9.95. The van der Waals surface area contributed by atoms with E-state index in [0.717, 1.165) is 12.2 Å². The van der Waals surface area contributed by atoms with Gasteiger partial charge in [-0.2, -0.15) is 0 Å². The number of aryl methyl sites for hydroxylation is 1. The molecule has 1 rings (SSSR count). The van der Waals surface area contributed by atoms with Crippen molar-refractivity contribution in [3.05, 3.63) is 24.0 Å². The highest BCUT2D eigenvalue weighted by Gasteiger charge is 2.05. The molecule has 0 saturated carbocycles. The monoisotopic (exact) mass is 209 g/mol. The van der Waals surface area contributed by atoms with E-state index in [1.54, 1.807) is 0 Å². The van der Waals surface area contributed by atoms with Crippen LogP contribution in [0.3, 0.4) is 0 Å². The first-order chi connectivity index (χ1) is 7.25. The smallest absolute Gasteiger partial charge is 0.0911 e. The quantitative estimate of drug-likeness (QED) is 0.683. The molecule has 0 radical (unpaired) electrons. The van der Waals surface area contributed by atoms with Crippen LogP contribution in [-0.4, -0.2) is 9.67 Å². The van der Waals surface area contributed by atoms with Crippen molar-refractivity contribution in [2.45, 2.75) is 58.6 Å². The van der Waals surface area contributed by atoms with Crippen molar-refractivity contribution in [2.24, 2.45) is 0 Å². The Balaban J connectivity index is 2.28. The maximum absolute atomic E-state index is 9.51. The van der Waals surface area contributed by atoms with E-state index < -0.39 is 0 Å². The largest absolute Gasteiger partial charge is 0.387 e. The van der Waals surface area contributed by atoms with Crippen LogP contribution in [0.15, 0.2) is 18.3 Å². The molecule has 86 valence electrons. The van der Waals surface area contributed by atoms with E-state index in [4.69, 9.17) is 0 Å². The van der Waals surface area contributed by atoms with E-state index in [1.807, 2.05) is 19.1 Å². The first kappa shape index (κ1) is 12.3. The Morgan fingerprint density at radius 3 is 2.67 bits per heavy atom. The Hall–Kier alpha value is -0.760. The third-order valence-electron chi connectivity index (χ3n) is 2.80. The molecule has 1 unspecified atom stereocenters. The average Bonchev–Trinajstić information content (AvgIpc) is 2.66. The summed E-state index contributed by atoms with van der Waals surface area (Å²) in [4.78, 5) is 0. The highest BCUT2D eigenvalue weighted by Crippen LogP contribution is 2.14. The molecule has 2 heteroatoms. The molecule has 0 aliphatic rings. The van der Waals surface area contributed by atoms with Gasteiger partial charge in [-0.3, -0.25) is 0 Å². The van der Waals surface area contributed by atoms with Crippen LogP contribution >= 0.6 is 0 Å². The Morgan fingerprint density at radius 2 is 2.00 bits per heavy atom. The maximum Gasteiger partial charge on any atom is 0.0911 e. The fourth-order valence-electron chi connectivity index (χ4n) is 1.90. The van der Waals surface area contributed by atoms with Gasteiger partial charge in [-0.25, -0.2) is 0 Å². The summed E-state index contributed by atoms with van der Waals surface area (Å²) in [6.07, 6.45) is 8.19. The molecule has 1 N–H and O–H groups in total. The van der Waals surface area contributed by atoms with Gasteiger partial charge < -0.3 is 9.67 Å². The summed E-state index contributed by atoms with van der Waals surface area (Å²) in [5.41, 5.74) is 1.03. The van der Waals surface area contributed by atoms with Gasteiger partial charge in [0.15, 0.2) is 0 Å². The van der Waals surface area contributed by atoms with Crippen molar-refractivity contribution in [3.63, 3.8) is 0 Å². The molecular weight excluding hydrogens is 186 g/mol. The molecule has 1 atom stereocenters. The molecular formula is C13H23NO. The highest BCUT2D eigenvalue weighted by atomic mass is 16.3. The van der Waals surface area contributed by atoms with Crippen molar-refractivity contribution in [1.29, 1.82) is 0 Å². The first-order valence-electron chi connectivity index (χ1n) is 6.08. The molecule has 15 heavy (non-hydrogen) atoms. The predicted molar refractivity (Wildman–Crippen MR) is 63.8 cm³/mol. The summed E-state index contributed by atoms with van der Waals surface area (Å²) in [6, 6.07) is 4.00. The SMILES string of the molecule is CCCCCCCn1cccc1C(C)O. The molecule has 0 saturated heterocycles. The fraction of sp³-hybridized carbons (Fsp3) is 0.692. The van der Waals surface area contributed by atoms with Crippen LogP contribution in [0.25, 0.3) is 0 Å². The van der Waals surface area contributed by atoms with Crippen LogP contribution in [0, 0.1) is 0 Å². The topological polar surface area (TPSA) is 25.2 Å². The highest BCUT2D eigenvalue weighted by molar-refractivity contribution is 5.09. The minimum atomic E-state index is -0.351. The van der Waals surface area contributed by atoms with E-state index in [0.29, 0.717) is 0 Å². The van der Waals surface area contributed by atoms with Crippen molar-refractivity contribution in [1.82, 2.24) is 4.57 Å². The van der Waals surface area contributed by atoms with Gasteiger partial charge in [-0.05, 0) is 25.5 Å². The van der Waals surface area contributed by atoms with E-state index in [1.165, 1.54) is 32.1 Å².